The van der Waals surface area contributed by atoms with Gasteiger partial charge in [-0.05, 0) is 45.8 Å². The van der Waals surface area contributed by atoms with E-state index in [-0.39, 0.29) is 15.5 Å². The smallest absolute Gasteiger partial charge is 0.338 e. The molecule has 0 saturated carbocycles. The standard InChI is InChI=1S/C19H19BrN2O7S2/c1-27-12-5-4-10(8-13(12)28-2)17-16(18(23)29-3)11(21-19(24)22-17)9-31(25,26)15-7-6-14(20)30-15/h4-8,17H,9H2,1-3H3,(H2,21,22,24)/t17-/m0/s1. The Morgan fingerprint density at radius 2 is 1.84 bits per heavy atom. The summed E-state index contributed by atoms with van der Waals surface area (Å²) >= 11 is 4.27. The number of halogens is 1. The van der Waals surface area contributed by atoms with Crippen molar-refractivity contribution in [3.05, 3.63) is 51.0 Å². The van der Waals surface area contributed by atoms with Gasteiger partial charge >= 0.3 is 12.0 Å². The number of hydrogen-bond donors (Lipinski definition) is 2. The first-order valence-electron chi connectivity index (χ1n) is 8.79. The van der Waals surface area contributed by atoms with Gasteiger partial charge in [0, 0.05) is 5.70 Å². The van der Waals surface area contributed by atoms with Crippen LogP contribution in [-0.2, 0) is 19.4 Å². The van der Waals surface area contributed by atoms with Gasteiger partial charge in [0.15, 0.2) is 21.3 Å². The molecule has 9 nitrogen and oxygen atoms in total. The number of esters is 1. The highest BCUT2D eigenvalue weighted by molar-refractivity contribution is 9.11. The van der Waals surface area contributed by atoms with Crippen LogP contribution in [0.15, 0.2) is 49.6 Å². The van der Waals surface area contributed by atoms with Crippen LogP contribution in [0.5, 0.6) is 11.5 Å². The summed E-state index contributed by atoms with van der Waals surface area (Å²) in [5.74, 6) is -0.512. The van der Waals surface area contributed by atoms with Crippen LogP contribution >= 0.6 is 27.3 Å². The molecule has 0 bridgehead atoms. The number of ether oxygens (including phenoxy) is 3. The summed E-state index contributed by atoms with van der Waals surface area (Å²) in [7, 11) is 0.287. The number of thiophene rings is 1. The van der Waals surface area contributed by atoms with Crippen molar-refractivity contribution in [1.29, 1.82) is 0 Å². The average Bonchev–Trinajstić information content (AvgIpc) is 3.19. The van der Waals surface area contributed by atoms with E-state index in [1.165, 1.54) is 27.4 Å². The third-order valence-electron chi connectivity index (χ3n) is 4.49. The third kappa shape index (κ3) is 4.86. The minimum absolute atomic E-state index is 0.0199. The van der Waals surface area contributed by atoms with Crippen LogP contribution < -0.4 is 20.1 Å². The predicted octanol–water partition coefficient (Wildman–Crippen LogP) is 2.78. The molecule has 0 spiro atoms. The number of benzene rings is 1. The van der Waals surface area contributed by atoms with Crippen molar-refractivity contribution >= 4 is 49.1 Å². The second-order valence-corrected chi connectivity index (χ2v) is 11.0. The molecule has 31 heavy (non-hydrogen) atoms. The first-order valence-corrected chi connectivity index (χ1v) is 12.0. The predicted molar refractivity (Wildman–Crippen MR) is 117 cm³/mol. The van der Waals surface area contributed by atoms with Gasteiger partial charge in [0.2, 0.25) is 0 Å². The number of rotatable bonds is 7. The number of sulfone groups is 1. The van der Waals surface area contributed by atoms with Crippen LogP contribution in [0.1, 0.15) is 11.6 Å². The lowest BCUT2D eigenvalue weighted by atomic mass is 9.95. The molecule has 0 aliphatic carbocycles. The SMILES string of the molecule is COC(=O)C1=C(CS(=O)(=O)c2ccc(Br)s2)NC(=O)N[C@H]1c1ccc(OC)c(OC)c1. The lowest BCUT2D eigenvalue weighted by Gasteiger charge is -2.29. The summed E-state index contributed by atoms with van der Waals surface area (Å²) < 4.78 is 42.0. The van der Waals surface area contributed by atoms with Gasteiger partial charge in [-0.1, -0.05) is 6.07 Å². The van der Waals surface area contributed by atoms with Crippen LogP contribution in [0, 0.1) is 0 Å². The van der Waals surface area contributed by atoms with E-state index in [1.807, 2.05) is 0 Å². The molecule has 1 atom stereocenters. The Balaban J connectivity index is 2.11. The minimum Gasteiger partial charge on any atom is -0.493 e. The summed E-state index contributed by atoms with van der Waals surface area (Å²) in [4.78, 5) is 25.0. The molecule has 2 amide bonds. The molecule has 0 saturated heterocycles. The van der Waals surface area contributed by atoms with E-state index in [1.54, 1.807) is 24.3 Å². The summed E-state index contributed by atoms with van der Waals surface area (Å²) in [5.41, 5.74) is 0.412. The molecule has 0 radical (unpaired) electrons. The fourth-order valence-electron chi connectivity index (χ4n) is 3.09. The molecule has 0 fully saturated rings. The molecule has 1 aliphatic heterocycles. The zero-order valence-electron chi connectivity index (χ0n) is 16.7. The summed E-state index contributed by atoms with van der Waals surface area (Å²) in [6, 6.07) is 6.32. The van der Waals surface area contributed by atoms with Gasteiger partial charge < -0.3 is 24.8 Å². The van der Waals surface area contributed by atoms with E-state index in [2.05, 4.69) is 26.6 Å². The molecule has 1 aromatic heterocycles. The van der Waals surface area contributed by atoms with Crippen LogP contribution in [0.4, 0.5) is 4.79 Å². The normalized spacial score (nSPS) is 16.4. The monoisotopic (exact) mass is 530 g/mol. The van der Waals surface area contributed by atoms with E-state index in [4.69, 9.17) is 14.2 Å². The third-order valence-corrected chi connectivity index (χ3v) is 8.34. The minimum atomic E-state index is -3.83. The summed E-state index contributed by atoms with van der Waals surface area (Å²) in [5, 5.41) is 5.09. The van der Waals surface area contributed by atoms with Crippen molar-refractivity contribution in [3.8, 4) is 11.5 Å². The molecular formula is C19H19BrN2O7S2. The van der Waals surface area contributed by atoms with Crippen LogP contribution in [-0.4, -0.2) is 47.5 Å². The zero-order chi connectivity index (χ0) is 22.8. The number of nitrogens with one attached hydrogen (secondary N) is 2. The molecule has 166 valence electrons. The number of carbonyl (C=O) groups is 2. The molecule has 1 aromatic carbocycles. The molecule has 2 aromatic rings. The van der Waals surface area contributed by atoms with E-state index in [0.717, 1.165) is 11.3 Å². The van der Waals surface area contributed by atoms with Gasteiger partial charge in [-0.15, -0.1) is 11.3 Å². The topological polar surface area (TPSA) is 120 Å². The maximum atomic E-state index is 12.9. The lowest BCUT2D eigenvalue weighted by Crippen LogP contribution is -2.47. The van der Waals surface area contributed by atoms with Crippen LogP contribution in [0.2, 0.25) is 0 Å². The zero-order valence-corrected chi connectivity index (χ0v) is 19.9. The fraction of sp³-hybridized carbons (Fsp3) is 0.263. The summed E-state index contributed by atoms with van der Waals surface area (Å²) in [6.07, 6.45) is 0. The maximum Gasteiger partial charge on any atom is 0.338 e. The molecule has 3 rings (SSSR count). The second-order valence-electron chi connectivity index (χ2n) is 6.35. The van der Waals surface area contributed by atoms with Crippen LogP contribution in [0.3, 0.4) is 0 Å². The van der Waals surface area contributed by atoms with Crippen molar-refractivity contribution in [1.82, 2.24) is 10.6 Å². The number of urea groups is 1. The molecule has 12 heteroatoms. The van der Waals surface area contributed by atoms with Gasteiger partial charge in [0.25, 0.3) is 0 Å². The van der Waals surface area contributed by atoms with Crippen molar-refractivity contribution in [2.45, 2.75) is 10.3 Å². The Hall–Kier alpha value is -2.57. The van der Waals surface area contributed by atoms with Gasteiger partial charge in [-0.3, -0.25) is 0 Å². The number of hydrogen-bond acceptors (Lipinski definition) is 8. The molecule has 1 aliphatic rings. The highest BCUT2D eigenvalue weighted by Gasteiger charge is 2.36. The Kier molecular flexibility index (Phi) is 6.92. The number of amides is 2. The van der Waals surface area contributed by atoms with Crippen molar-refractivity contribution < 1.29 is 32.2 Å². The largest absolute Gasteiger partial charge is 0.493 e. The maximum absolute atomic E-state index is 12.9. The highest BCUT2D eigenvalue weighted by atomic mass is 79.9. The first-order chi connectivity index (χ1) is 14.7. The van der Waals surface area contributed by atoms with Gasteiger partial charge in [0.1, 0.15) is 4.21 Å². The molecule has 2 N–H and O–H groups in total. The van der Waals surface area contributed by atoms with Crippen molar-refractivity contribution in [2.75, 3.05) is 27.1 Å². The van der Waals surface area contributed by atoms with Crippen molar-refractivity contribution in [3.63, 3.8) is 0 Å². The second kappa shape index (κ2) is 9.28. The van der Waals surface area contributed by atoms with E-state index in [9.17, 15) is 18.0 Å². The van der Waals surface area contributed by atoms with Gasteiger partial charge in [-0.25, -0.2) is 18.0 Å². The highest BCUT2D eigenvalue weighted by Crippen LogP contribution is 2.35. The Morgan fingerprint density at radius 3 is 2.42 bits per heavy atom. The summed E-state index contributed by atoms with van der Waals surface area (Å²) in [6.45, 7) is 0. The number of carbonyl (C=O) groups excluding carboxylic acids is 2. The van der Waals surface area contributed by atoms with Crippen LogP contribution in [0.25, 0.3) is 0 Å². The number of methoxy groups -OCH3 is 3. The fourth-order valence-corrected chi connectivity index (χ4v) is 6.51. The first kappa shape index (κ1) is 23.1. The Labute approximate surface area is 191 Å². The quantitative estimate of drug-likeness (QED) is 0.528. The van der Waals surface area contributed by atoms with E-state index >= 15 is 0 Å². The molecule has 2 heterocycles. The van der Waals surface area contributed by atoms with Gasteiger partial charge in [0.05, 0.1) is 42.5 Å². The van der Waals surface area contributed by atoms with Gasteiger partial charge in [-0.2, -0.15) is 0 Å². The molecule has 0 unspecified atom stereocenters. The Bertz CT molecular complexity index is 1160. The molecular weight excluding hydrogens is 512 g/mol. The Morgan fingerprint density at radius 1 is 1.13 bits per heavy atom. The lowest BCUT2D eigenvalue weighted by molar-refractivity contribution is -0.136. The van der Waals surface area contributed by atoms with E-state index in [0.29, 0.717) is 20.8 Å². The van der Waals surface area contributed by atoms with Crippen molar-refractivity contribution in [2.24, 2.45) is 0 Å². The average molecular weight is 531 g/mol. The van der Waals surface area contributed by atoms with E-state index < -0.39 is 33.6 Å².